The Morgan fingerprint density at radius 2 is 1.86 bits per heavy atom. The Balaban J connectivity index is 1.68. The van der Waals surface area contributed by atoms with Gasteiger partial charge in [-0.15, -0.1) is 0 Å². The van der Waals surface area contributed by atoms with Crippen molar-refractivity contribution in [1.82, 2.24) is 24.6 Å². The van der Waals surface area contributed by atoms with E-state index >= 15 is 0 Å². The monoisotopic (exact) mass is 497 g/mol. The van der Waals surface area contributed by atoms with Gasteiger partial charge in [0.1, 0.15) is 12.4 Å². The first-order valence-electron chi connectivity index (χ1n) is 12.6. The highest BCUT2D eigenvalue weighted by atomic mass is 16.5. The van der Waals surface area contributed by atoms with Gasteiger partial charge in [-0.3, -0.25) is 4.79 Å². The number of carbonyl (C=O) groups is 2. The molecule has 2 aromatic heterocycles. The van der Waals surface area contributed by atoms with Crippen molar-refractivity contribution in [2.24, 2.45) is 0 Å². The molecular formula is C29H31N5O3. The van der Waals surface area contributed by atoms with Gasteiger partial charge in [-0.1, -0.05) is 55.0 Å². The van der Waals surface area contributed by atoms with Crippen LogP contribution < -0.4 is 5.32 Å². The summed E-state index contributed by atoms with van der Waals surface area (Å²) in [6, 6.07) is 21.6. The van der Waals surface area contributed by atoms with Gasteiger partial charge in [0.25, 0.3) is 0 Å². The van der Waals surface area contributed by atoms with Crippen LogP contribution in [0.5, 0.6) is 0 Å². The molecule has 1 unspecified atom stereocenters. The molecule has 4 aromatic rings. The van der Waals surface area contributed by atoms with Crippen LogP contribution in [-0.4, -0.2) is 44.4 Å². The van der Waals surface area contributed by atoms with Crippen molar-refractivity contribution in [2.45, 2.75) is 39.8 Å². The fourth-order valence-corrected chi connectivity index (χ4v) is 5.00. The molecule has 0 fully saturated rings. The number of aryl methyl sites for hydroxylation is 2. The number of urea groups is 1. The number of ether oxygens (including phenoxy) is 1. The fourth-order valence-electron chi connectivity index (χ4n) is 5.00. The Morgan fingerprint density at radius 3 is 2.59 bits per heavy atom. The van der Waals surface area contributed by atoms with Crippen LogP contribution in [0.3, 0.4) is 0 Å². The molecule has 37 heavy (non-hydrogen) atoms. The van der Waals surface area contributed by atoms with Gasteiger partial charge in [-0.05, 0) is 50.1 Å². The minimum atomic E-state index is -0.465. The zero-order chi connectivity index (χ0) is 25.9. The van der Waals surface area contributed by atoms with E-state index in [1.54, 1.807) is 11.8 Å². The molecule has 2 amide bonds. The van der Waals surface area contributed by atoms with E-state index in [-0.39, 0.29) is 25.2 Å². The lowest BCUT2D eigenvalue weighted by molar-refractivity contribution is -0.141. The summed E-state index contributed by atoms with van der Waals surface area (Å²) in [7, 11) is 0. The van der Waals surface area contributed by atoms with Crippen LogP contribution in [0, 0.1) is 6.92 Å². The molecule has 0 aliphatic carbocycles. The molecule has 190 valence electrons. The number of carbonyl (C=O) groups excluding carboxylic acids is 2. The predicted molar refractivity (Wildman–Crippen MR) is 141 cm³/mol. The molecule has 1 aliphatic rings. The van der Waals surface area contributed by atoms with Gasteiger partial charge in [0.2, 0.25) is 0 Å². The van der Waals surface area contributed by atoms with E-state index in [1.807, 2.05) is 78.5 Å². The van der Waals surface area contributed by atoms with Crippen molar-refractivity contribution in [2.75, 3.05) is 13.2 Å². The number of amides is 2. The van der Waals surface area contributed by atoms with Crippen LogP contribution in [0.2, 0.25) is 0 Å². The van der Waals surface area contributed by atoms with E-state index in [1.165, 1.54) is 0 Å². The van der Waals surface area contributed by atoms with Crippen LogP contribution in [0.15, 0.2) is 72.9 Å². The molecule has 0 saturated heterocycles. The lowest BCUT2D eigenvalue weighted by Crippen LogP contribution is -2.44. The van der Waals surface area contributed by atoms with Crippen molar-refractivity contribution in [3.05, 3.63) is 101 Å². The zero-order valence-electron chi connectivity index (χ0n) is 21.3. The first-order valence-corrected chi connectivity index (χ1v) is 12.6. The minimum absolute atomic E-state index is 0.193. The Kier molecular flexibility index (Phi) is 6.81. The van der Waals surface area contributed by atoms with Crippen LogP contribution in [0.25, 0.3) is 11.5 Å². The van der Waals surface area contributed by atoms with Crippen molar-refractivity contribution < 1.29 is 14.3 Å². The predicted octanol–water partition coefficient (Wildman–Crippen LogP) is 4.71. The second-order valence-corrected chi connectivity index (χ2v) is 9.06. The second kappa shape index (κ2) is 10.3. The maximum atomic E-state index is 13.7. The molecule has 0 spiro atoms. The minimum Gasteiger partial charge on any atom is -0.465 e. The van der Waals surface area contributed by atoms with E-state index in [2.05, 4.69) is 22.9 Å². The van der Waals surface area contributed by atoms with Crippen LogP contribution in [0.1, 0.15) is 48.0 Å². The highest BCUT2D eigenvalue weighted by Gasteiger charge is 2.36. The van der Waals surface area contributed by atoms with Crippen molar-refractivity contribution in [1.29, 1.82) is 0 Å². The Bertz CT molecular complexity index is 1420. The van der Waals surface area contributed by atoms with Gasteiger partial charge >= 0.3 is 12.0 Å². The van der Waals surface area contributed by atoms with E-state index in [4.69, 9.17) is 9.84 Å². The normalized spacial score (nSPS) is 14.5. The topological polar surface area (TPSA) is 81.4 Å². The number of aromatic nitrogens is 3. The second-order valence-electron chi connectivity index (χ2n) is 9.06. The molecule has 5 rings (SSSR count). The number of para-hydroxylation sites is 1. The quantitative estimate of drug-likeness (QED) is 0.391. The maximum Gasteiger partial charge on any atom is 0.325 e. The largest absolute Gasteiger partial charge is 0.465 e. The standard InChI is InChI=1S/C29H31N5O3/c1-4-24-23-19-33(29(36)30-18-26(35)37-5-2)27(21-12-9-11-20(3)17-21)25-15-10-16-32(25)28(23)34(31-24)22-13-7-6-8-14-22/h6-17,27H,4-5,18-19H2,1-3H3,(H,30,36). The van der Waals surface area contributed by atoms with Gasteiger partial charge in [0.15, 0.2) is 0 Å². The summed E-state index contributed by atoms with van der Waals surface area (Å²) in [6.07, 6.45) is 2.74. The van der Waals surface area contributed by atoms with Crippen molar-refractivity contribution in [3.8, 4) is 11.5 Å². The summed E-state index contributed by atoms with van der Waals surface area (Å²) in [5.41, 5.74) is 5.89. The first kappa shape index (κ1) is 24.4. The summed E-state index contributed by atoms with van der Waals surface area (Å²) in [5.74, 6) is 0.453. The number of nitrogens with zero attached hydrogens (tertiary/aromatic N) is 4. The summed E-state index contributed by atoms with van der Waals surface area (Å²) in [6.45, 7) is 6.26. The number of fused-ring (bicyclic) bond motifs is 3. The van der Waals surface area contributed by atoms with Crippen LogP contribution in [-0.2, 0) is 22.5 Å². The lowest BCUT2D eigenvalue weighted by atomic mass is 10.00. The molecular weight excluding hydrogens is 466 g/mol. The molecule has 1 N–H and O–H groups in total. The van der Waals surface area contributed by atoms with E-state index in [9.17, 15) is 9.59 Å². The van der Waals surface area contributed by atoms with Gasteiger partial charge in [-0.2, -0.15) is 5.10 Å². The highest BCUT2D eigenvalue weighted by molar-refractivity contribution is 5.81. The lowest BCUT2D eigenvalue weighted by Gasteiger charge is -2.31. The number of benzene rings is 2. The molecule has 8 heteroatoms. The number of esters is 1. The van der Waals surface area contributed by atoms with E-state index in [0.29, 0.717) is 13.0 Å². The Labute approximate surface area is 216 Å². The van der Waals surface area contributed by atoms with Crippen molar-refractivity contribution >= 4 is 12.0 Å². The number of nitrogens with one attached hydrogen (secondary N) is 1. The molecule has 0 saturated carbocycles. The Hall–Kier alpha value is -4.33. The summed E-state index contributed by atoms with van der Waals surface area (Å²) in [5, 5.41) is 7.75. The third kappa shape index (κ3) is 4.62. The average molecular weight is 498 g/mol. The average Bonchev–Trinajstić information content (AvgIpc) is 3.49. The third-order valence-corrected chi connectivity index (χ3v) is 6.61. The molecule has 3 heterocycles. The van der Waals surface area contributed by atoms with Crippen LogP contribution >= 0.6 is 0 Å². The fraction of sp³-hybridized carbons (Fsp3) is 0.276. The number of hydrogen-bond donors (Lipinski definition) is 1. The summed E-state index contributed by atoms with van der Waals surface area (Å²) in [4.78, 5) is 27.5. The molecule has 8 nitrogen and oxygen atoms in total. The molecule has 2 aromatic carbocycles. The smallest absolute Gasteiger partial charge is 0.325 e. The van der Waals surface area contributed by atoms with Gasteiger partial charge < -0.3 is 19.5 Å². The van der Waals surface area contributed by atoms with E-state index in [0.717, 1.165) is 39.6 Å². The van der Waals surface area contributed by atoms with Gasteiger partial charge in [0.05, 0.1) is 36.3 Å². The molecule has 0 bridgehead atoms. The summed E-state index contributed by atoms with van der Waals surface area (Å²) < 4.78 is 9.13. The van der Waals surface area contributed by atoms with Crippen molar-refractivity contribution in [3.63, 3.8) is 0 Å². The molecule has 1 atom stereocenters. The SMILES string of the molecule is CCOC(=O)CNC(=O)N1Cc2c(CC)nn(-c3ccccc3)c2-n2cccc2C1c1cccc(C)c1. The van der Waals surface area contributed by atoms with Gasteiger partial charge in [-0.25, -0.2) is 9.48 Å². The number of rotatable bonds is 6. The first-order chi connectivity index (χ1) is 18.0. The highest BCUT2D eigenvalue weighted by Crippen LogP contribution is 2.38. The Morgan fingerprint density at radius 1 is 1.05 bits per heavy atom. The summed E-state index contributed by atoms with van der Waals surface area (Å²) >= 11 is 0. The zero-order valence-corrected chi connectivity index (χ0v) is 21.3. The van der Waals surface area contributed by atoms with Gasteiger partial charge in [0, 0.05) is 11.8 Å². The third-order valence-electron chi connectivity index (χ3n) is 6.61. The molecule has 1 aliphatic heterocycles. The van der Waals surface area contributed by atoms with Crippen LogP contribution in [0.4, 0.5) is 4.79 Å². The molecule has 0 radical (unpaired) electrons. The van der Waals surface area contributed by atoms with E-state index < -0.39 is 5.97 Å². The number of hydrogen-bond acceptors (Lipinski definition) is 4. The maximum absolute atomic E-state index is 13.7.